The van der Waals surface area contributed by atoms with Crippen LogP contribution in [0.15, 0.2) is 12.1 Å². The minimum atomic E-state index is -1.18. The van der Waals surface area contributed by atoms with Crippen LogP contribution in [0.25, 0.3) is 0 Å². The van der Waals surface area contributed by atoms with Crippen LogP contribution < -0.4 is 4.74 Å². The first-order valence-electron chi connectivity index (χ1n) is 9.11. The molecule has 0 aliphatic carbocycles. The number of amides is 1. The number of carbonyl (C=O) groups excluding carboxylic acids is 2. The van der Waals surface area contributed by atoms with Crippen LogP contribution in [0.3, 0.4) is 0 Å². The van der Waals surface area contributed by atoms with Crippen molar-refractivity contribution in [1.82, 2.24) is 4.90 Å². The van der Waals surface area contributed by atoms with E-state index in [1.54, 1.807) is 41.5 Å². The Hall–Kier alpha value is -2.48. The molecule has 1 N–H and O–H groups in total. The number of carboxylic acids is 1. The summed E-state index contributed by atoms with van der Waals surface area (Å²) in [5.74, 6) is -1.04. The second kappa shape index (κ2) is 8.10. The van der Waals surface area contributed by atoms with E-state index in [2.05, 4.69) is 0 Å². The summed E-state index contributed by atoms with van der Waals surface area (Å²) in [4.78, 5) is 37.6. The van der Waals surface area contributed by atoms with Gasteiger partial charge < -0.3 is 19.3 Å². The van der Waals surface area contributed by atoms with Crippen molar-refractivity contribution in [2.45, 2.75) is 71.8 Å². The fourth-order valence-corrected chi connectivity index (χ4v) is 3.06. The first-order valence-corrected chi connectivity index (χ1v) is 9.49. The van der Waals surface area contributed by atoms with Crippen molar-refractivity contribution in [1.29, 1.82) is 0 Å². The van der Waals surface area contributed by atoms with Gasteiger partial charge in [-0.05, 0) is 59.2 Å². The summed E-state index contributed by atoms with van der Waals surface area (Å²) >= 11 is 6.26. The number of hydrogen-bond acceptors (Lipinski definition) is 6. The van der Waals surface area contributed by atoms with Gasteiger partial charge in [-0.15, -0.1) is 0 Å². The molecule has 0 bridgehead atoms. The van der Waals surface area contributed by atoms with E-state index in [0.29, 0.717) is 16.1 Å². The summed E-state index contributed by atoms with van der Waals surface area (Å²) in [6.45, 7) is 10.0. The third kappa shape index (κ3) is 6.00. The molecule has 0 radical (unpaired) electrons. The van der Waals surface area contributed by atoms with Crippen LogP contribution in [-0.4, -0.2) is 45.5 Å². The Morgan fingerprint density at radius 3 is 2.14 bits per heavy atom. The molecule has 1 aliphatic rings. The Kier molecular flexibility index (Phi) is 6.37. The minimum absolute atomic E-state index is 0.0474. The second-order valence-corrected chi connectivity index (χ2v) is 9.14. The van der Waals surface area contributed by atoms with Crippen LogP contribution in [0.2, 0.25) is 5.02 Å². The predicted molar refractivity (Wildman–Crippen MR) is 105 cm³/mol. The molecule has 0 fully saturated rings. The Bertz CT molecular complexity index is 823. The molecule has 1 aliphatic heterocycles. The van der Waals surface area contributed by atoms with Crippen molar-refractivity contribution >= 4 is 29.8 Å². The highest BCUT2D eigenvalue weighted by atomic mass is 35.5. The van der Waals surface area contributed by atoms with Gasteiger partial charge in [0, 0.05) is 17.0 Å². The van der Waals surface area contributed by atoms with E-state index < -0.39 is 35.5 Å². The molecule has 1 unspecified atom stereocenters. The number of halogens is 1. The summed E-state index contributed by atoms with van der Waals surface area (Å²) in [5, 5.41) is 9.94. The van der Waals surface area contributed by atoms with E-state index in [1.807, 2.05) is 0 Å². The number of fused-ring (bicyclic) bond motifs is 1. The fourth-order valence-electron chi connectivity index (χ4n) is 2.81. The Labute approximate surface area is 174 Å². The molecule has 160 valence electrons. The zero-order chi connectivity index (χ0) is 22.1. The van der Waals surface area contributed by atoms with Gasteiger partial charge in [0.25, 0.3) is 0 Å². The maximum absolute atomic E-state index is 12.6. The number of benzene rings is 1. The molecule has 2 rings (SSSR count). The first-order chi connectivity index (χ1) is 13.2. The molecular formula is C20H26ClNO7. The molecule has 1 heterocycles. The van der Waals surface area contributed by atoms with Gasteiger partial charge in [-0.3, -0.25) is 4.90 Å². The number of ether oxygens (including phenoxy) is 3. The van der Waals surface area contributed by atoms with Crippen molar-refractivity contribution in [3.8, 4) is 5.75 Å². The second-order valence-electron chi connectivity index (χ2n) is 8.74. The number of aliphatic carboxylic acids is 1. The van der Waals surface area contributed by atoms with Crippen LogP contribution >= 0.6 is 11.6 Å². The summed E-state index contributed by atoms with van der Waals surface area (Å²) in [6, 6.07) is 1.84. The van der Waals surface area contributed by atoms with Gasteiger partial charge in [0.1, 0.15) is 23.0 Å². The molecule has 0 saturated heterocycles. The third-order valence-corrected chi connectivity index (χ3v) is 4.28. The van der Waals surface area contributed by atoms with E-state index in [-0.39, 0.29) is 18.7 Å². The van der Waals surface area contributed by atoms with Gasteiger partial charge in [0.2, 0.25) is 0 Å². The lowest BCUT2D eigenvalue weighted by molar-refractivity contribution is -0.143. The third-order valence-electron chi connectivity index (χ3n) is 3.93. The van der Waals surface area contributed by atoms with Crippen molar-refractivity contribution in [3.05, 3.63) is 28.3 Å². The molecule has 1 amide bonds. The van der Waals surface area contributed by atoms with Crippen LogP contribution in [-0.2, 0) is 27.2 Å². The highest BCUT2D eigenvalue weighted by Crippen LogP contribution is 2.36. The molecule has 1 aromatic rings. The van der Waals surface area contributed by atoms with E-state index in [1.165, 1.54) is 12.1 Å². The molecule has 1 aromatic carbocycles. The topological polar surface area (TPSA) is 102 Å². The maximum Gasteiger partial charge on any atom is 0.514 e. The largest absolute Gasteiger partial charge is 0.514 e. The number of nitrogens with zero attached hydrogens (tertiary/aromatic N) is 1. The van der Waals surface area contributed by atoms with Crippen molar-refractivity contribution in [2.24, 2.45) is 0 Å². The average molecular weight is 428 g/mol. The predicted octanol–water partition coefficient (Wildman–Crippen LogP) is 4.40. The maximum atomic E-state index is 12.6. The lowest BCUT2D eigenvalue weighted by Crippen LogP contribution is -2.50. The molecule has 9 heteroatoms. The lowest BCUT2D eigenvalue weighted by atomic mass is 9.93. The summed E-state index contributed by atoms with van der Waals surface area (Å²) < 4.78 is 15.8. The summed E-state index contributed by atoms with van der Waals surface area (Å²) in [5.41, 5.74) is -0.614. The van der Waals surface area contributed by atoms with Gasteiger partial charge >= 0.3 is 18.2 Å². The Morgan fingerprint density at radius 1 is 1.03 bits per heavy atom. The number of hydrogen-bond donors (Lipinski definition) is 1. The normalized spacial score (nSPS) is 16.7. The SMILES string of the molecule is CC(C)(C)OC(=O)Oc1ccc(Cl)c2c1CN(C(=O)OC(C)(C)C)C(C(=O)O)C2. The molecular weight excluding hydrogens is 402 g/mol. The van der Waals surface area contributed by atoms with Gasteiger partial charge in [-0.1, -0.05) is 11.6 Å². The van der Waals surface area contributed by atoms with Crippen LogP contribution in [0.5, 0.6) is 5.75 Å². The highest BCUT2D eigenvalue weighted by molar-refractivity contribution is 6.31. The van der Waals surface area contributed by atoms with E-state index in [9.17, 15) is 19.5 Å². The van der Waals surface area contributed by atoms with Crippen molar-refractivity contribution < 1.29 is 33.7 Å². The van der Waals surface area contributed by atoms with Gasteiger partial charge in [0.05, 0.1) is 6.54 Å². The van der Waals surface area contributed by atoms with E-state index in [0.717, 1.165) is 4.90 Å². The molecule has 8 nitrogen and oxygen atoms in total. The van der Waals surface area contributed by atoms with Crippen LogP contribution in [0, 0.1) is 0 Å². The number of rotatable bonds is 2. The van der Waals surface area contributed by atoms with Gasteiger partial charge in [0.15, 0.2) is 0 Å². The monoisotopic (exact) mass is 427 g/mol. The zero-order valence-electron chi connectivity index (χ0n) is 17.4. The average Bonchev–Trinajstić information content (AvgIpc) is 2.53. The summed E-state index contributed by atoms with van der Waals surface area (Å²) in [7, 11) is 0. The van der Waals surface area contributed by atoms with Crippen molar-refractivity contribution in [3.63, 3.8) is 0 Å². The molecule has 0 saturated carbocycles. The molecule has 0 spiro atoms. The standard InChI is InChI=1S/C20H26ClNO7/c1-19(2,3)28-17(25)22-10-12-11(9-14(22)16(23)24)13(21)7-8-15(12)27-18(26)29-20(4,5)6/h7-8,14H,9-10H2,1-6H3,(H,23,24). The Balaban J connectivity index is 2.40. The molecule has 0 aromatic heterocycles. The first kappa shape index (κ1) is 22.8. The zero-order valence-corrected chi connectivity index (χ0v) is 18.1. The van der Waals surface area contributed by atoms with Crippen molar-refractivity contribution in [2.75, 3.05) is 0 Å². The minimum Gasteiger partial charge on any atom is -0.480 e. The molecule has 1 atom stereocenters. The van der Waals surface area contributed by atoms with E-state index >= 15 is 0 Å². The van der Waals surface area contributed by atoms with Crippen LogP contribution in [0.4, 0.5) is 9.59 Å². The van der Waals surface area contributed by atoms with Crippen LogP contribution in [0.1, 0.15) is 52.7 Å². The molecule has 29 heavy (non-hydrogen) atoms. The van der Waals surface area contributed by atoms with E-state index in [4.69, 9.17) is 25.8 Å². The number of carboxylic acid groups (broad SMARTS) is 1. The smallest absolute Gasteiger partial charge is 0.480 e. The van der Waals surface area contributed by atoms with Gasteiger partial charge in [-0.25, -0.2) is 14.4 Å². The lowest BCUT2D eigenvalue weighted by Gasteiger charge is -2.36. The Morgan fingerprint density at radius 2 is 1.62 bits per heavy atom. The number of carbonyl (C=O) groups is 3. The van der Waals surface area contributed by atoms with Gasteiger partial charge in [-0.2, -0.15) is 0 Å². The summed E-state index contributed by atoms with van der Waals surface area (Å²) in [6.07, 6.45) is -1.74. The highest BCUT2D eigenvalue weighted by Gasteiger charge is 2.39. The quantitative estimate of drug-likeness (QED) is 0.551. The fraction of sp³-hybridized carbons (Fsp3) is 0.550.